The molecule has 4 nitrogen and oxygen atoms in total. The Bertz CT molecular complexity index is 816. The summed E-state index contributed by atoms with van der Waals surface area (Å²) in [5, 5.41) is -0.296. The van der Waals surface area contributed by atoms with Gasteiger partial charge in [-0.3, -0.25) is 14.5 Å². The quantitative estimate of drug-likeness (QED) is 0.479. The highest BCUT2D eigenvalue weighted by Crippen LogP contribution is 2.34. The molecule has 2 heterocycles. The number of amides is 2. The van der Waals surface area contributed by atoms with Gasteiger partial charge in [-0.25, -0.2) is 4.39 Å². The van der Waals surface area contributed by atoms with Crippen LogP contribution in [-0.4, -0.2) is 16.0 Å². The Morgan fingerprint density at radius 2 is 2.09 bits per heavy atom. The lowest BCUT2D eigenvalue weighted by atomic mass is 10.2. The van der Waals surface area contributed by atoms with Crippen LogP contribution in [0.25, 0.3) is 6.08 Å². The minimum Gasteiger partial charge on any atom is -0.451 e. The van der Waals surface area contributed by atoms with Crippen molar-refractivity contribution in [1.82, 2.24) is 4.90 Å². The standard InChI is InChI=1S/C15H8ClFINO3S/c16-10-2-1-3-11(17)9(10)7-19-14(20)12(23-15(19)21)6-8-4-5-13(18)22-8/h1-6H,7H2/b12-6-. The number of rotatable bonds is 3. The molecule has 2 aromatic rings. The molecule has 0 spiro atoms. The van der Waals surface area contributed by atoms with E-state index in [-0.39, 0.29) is 22.0 Å². The fraction of sp³-hybridized carbons (Fsp3) is 0.0667. The van der Waals surface area contributed by atoms with Crippen molar-refractivity contribution < 1.29 is 18.4 Å². The Labute approximate surface area is 153 Å². The number of hydrogen-bond acceptors (Lipinski definition) is 4. The van der Waals surface area contributed by atoms with E-state index in [1.165, 1.54) is 24.3 Å². The molecule has 1 aliphatic heterocycles. The maximum absolute atomic E-state index is 13.8. The van der Waals surface area contributed by atoms with Gasteiger partial charge in [-0.2, -0.15) is 0 Å². The summed E-state index contributed by atoms with van der Waals surface area (Å²) in [5.74, 6) is -0.573. The maximum Gasteiger partial charge on any atom is 0.293 e. The third-order valence-corrected chi connectivity index (χ3v) is 4.96. The molecule has 1 aromatic heterocycles. The number of carbonyl (C=O) groups excluding carboxylic acids is 2. The summed E-state index contributed by atoms with van der Waals surface area (Å²) in [5.41, 5.74) is 0.116. The van der Waals surface area contributed by atoms with Crippen molar-refractivity contribution in [2.75, 3.05) is 0 Å². The zero-order chi connectivity index (χ0) is 16.6. The Morgan fingerprint density at radius 1 is 1.30 bits per heavy atom. The molecule has 23 heavy (non-hydrogen) atoms. The van der Waals surface area contributed by atoms with E-state index in [1.54, 1.807) is 12.1 Å². The van der Waals surface area contributed by atoms with E-state index >= 15 is 0 Å². The van der Waals surface area contributed by atoms with E-state index < -0.39 is 17.0 Å². The van der Waals surface area contributed by atoms with Gasteiger partial charge in [0.15, 0.2) is 3.77 Å². The molecule has 2 amide bonds. The summed E-state index contributed by atoms with van der Waals surface area (Å²) in [6.45, 7) is -0.205. The van der Waals surface area contributed by atoms with Crippen LogP contribution in [0, 0.1) is 9.58 Å². The number of furan rings is 1. The third kappa shape index (κ3) is 3.46. The average Bonchev–Trinajstić information content (AvgIpc) is 3.01. The van der Waals surface area contributed by atoms with Crippen LogP contribution in [0.5, 0.6) is 0 Å². The second-order valence-electron chi connectivity index (χ2n) is 4.61. The topological polar surface area (TPSA) is 50.5 Å². The van der Waals surface area contributed by atoms with Crippen LogP contribution < -0.4 is 0 Å². The first-order valence-corrected chi connectivity index (χ1v) is 8.66. The van der Waals surface area contributed by atoms with Crippen LogP contribution in [0.15, 0.2) is 39.7 Å². The van der Waals surface area contributed by atoms with Gasteiger partial charge in [0, 0.05) is 16.7 Å². The van der Waals surface area contributed by atoms with Crippen molar-refractivity contribution in [1.29, 1.82) is 0 Å². The van der Waals surface area contributed by atoms with Crippen molar-refractivity contribution in [3.8, 4) is 0 Å². The van der Waals surface area contributed by atoms with Crippen LogP contribution in [0.2, 0.25) is 5.02 Å². The maximum atomic E-state index is 13.8. The lowest BCUT2D eigenvalue weighted by Gasteiger charge is -2.14. The smallest absolute Gasteiger partial charge is 0.293 e. The number of benzene rings is 1. The van der Waals surface area contributed by atoms with Gasteiger partial charge in [-0.15, -0.1) is 0 Å². The normalized spacial score (nSPS) is 16.7. The SMILES string of the molecule is O=C1S/C(=C\c2ccc(I)o2)C(=O)N1Cc1c(F)cccc1Cl. The Hall–Kier alpha value is -1.32. The van der Waals surface area contributed by atoms with Crippen molar-refractivity contribution in [3.63, 3.8) is 0 Å². The molecule has 118 valence electrons. The van der Waals surface area contributed by atoms with E-state index in [4.69, 9.17) is 16.0 Å². The van der Waals surface area contributed by atoms with Gasteiger partial charge < -0.3 is 4.42 Å². The highest BCUT2D eigenvalue weighted by molar-refractivity contribution is 14.1. The van der Waals surface area contributed by atoms with Crippen LogP contribution >= 0.6 is 46.0 Å². The monoisotopic (exact) mass is 463 g/mol. The molecule has 0 unspecified atom stereocenters. The van der Waals surface area contributed by atoms with Crippen LogP contribution in [-0.2, 0) is 11.3 Å². The molecular formula is C15H8ClFINO3S. The number of halogens is 3. The lowest BCUT2D eigenvalue weighted by molar-refractivity contribution is -0.123. The zero-order valence-corrected chi connectivity index (χ0v) is 15.1. The number of nitrogens with zero attached hydrogens (tertiary/aromatic N) is 1. The third-order valence-electron chi connectivity index (χ3n) is 3.12. The summed E-state index contributed by atoms with van der Waals surface area (Å²) in [6.07, 6.45) is 1.50. The first-order chi connectivity index (χ1) is 11.0. The van der Waals surface area contributed by atoms with E-state index in [9.17, 15) is 14.0 Å². The number of imide groups is 1. The first-order valence-electron chi connectivity index (χ1n) is 6.39. The van der Waals surface area contributed by atoms with Crippen LogP contribution in [0.3, 0.4) is 0 Å². The van der Waals surface area contributed by atoms with Crippen molar-refractivity contribution in [2.24, 2.45) is 0 Å². The summed E-state index contributed by atoms with van der Waals surface area (Å²) >= 11 is 8.73. The number of carbonyl (C=O) groups is 2. The van der Waals surface area contributed by atoms with Gasteiger partial charge in [-0.05, 0) is 58.6 Å². The minimum atomic E-state index is -0.555. The highest BCUT2D eigenvalue weighted by Gasteiger charge is 2.36. The molecule has 1 saturated heterocycles. The molecule has 0 bridgehead atoms. The second-order valence-corrected chi connectivity index (χ2v) is 7.07. The molecule has 0 N–H and O–H groups in total. The van der Waals surface area contributed by atoms with E-state index in [0.717, 1.165) is 16.7 Å². The van der Waals surface area contributed by atoms with E-state index in [0.29, 0.717) is 9.53 Å². The predicted molar refractivity (Wildman–Crippen MR) is 94.3 cm³/mol. The summed E-state index contributed by atoms with van der Waals surface area (Å²) < 4.78 is 19.9. The molecular weight excluding hydrogens is 456 g/mol. The van der Waals surface area contributed by atoms with Crippen LogP contribution in [0.1, 0.15) is 11.3 Å². The summed E-state index contributed by atoms with van der Waals surface area (Å²) in [7, 11) is 0. The molecule has 0 atom stereocenters. The Balaban J connectivity index is 1.86. The Morgan fingerprint density at radius 3 is 2.74 bits per heavy atom. The first kappa shape index (κ1) is 16.5. The molecule has 0 radical (unpaired) electrons. The average molecular weight is 464 g/mol. The van der Waals surface area contributed by atoms with Crippen LogP contribution in [0.4, 0.5) is 9.18 Å². The van der Waals surface area contributed by atoms with Gasteiger partial charge in [0.05, 0.1) is 11.4 Å². The Kier molecular flexibility index (Phi) is 4.79. The highest BCUT2D eigenvalue weighted by atomic mass is 127. The number of thioether (sulfide) groups is 1. The molecule has 0 aliphatic carbocycles. The molecule has 8 heteroatoms. The second kappa shape index (κ2) is 6.66. The largest absolute Gasteiger partial charge is 0.451 e. The van der Waals surface area contributed by atoms with Gasteiger partial charge in [0.2, 0.25) is 0 Å². The van der Waals surface area contributed by atoms with E-state index in [2.05, 4.69) is 0 Å². The zero-order valence-electron chi connectivity index (χ0n) is 11.4. The molecule has 3 rings (SSSR count). The minimum absolute atomic E-state index is 0.116. The fourth-order valence-corrected chi connectivity index (χ4v) is 3.49. The predicted octanol–water partition coefficient (Wildman–Crippen LogP) is 4.91. The van der Waals surface area contributed by atoms with E-state index in [1.807, 2.05) is 22.6 Å². The number of hydrogen-bond donors (Lipinski definition) is 0. The van der Waals surface area contributed by atoms with Gasteiger partial charge >= 0.3 is 0 Å². The molecule has 1 aromatic carbocycles. The fourth-order valence-electron chi connectivity index (χ4n) is 2.01. The summed E-state index contributed by atoms with van der Waals surface area (Å²) in [4.78, 5) is 25.6. The van der Waals surface area contributed by atoms with Crippen molar-refractivity contribution in [2.45, 2.75) is 6.54 Å². The summed E-state index contributed by atoms with van der Waals surface area (Å²) in [6, 6.07) is 7.66. The van der Waals surface area contributed by atoms with Gasteiger partial charge in [0.1, 0.15) is 11.6 Å². The molecule has 1 fully saturated rings. The van der Waals surface area contributed by atoms with Crippen molar-refractivity contribution in [3.05, 3.63) is 61.2 Å². The van der Waals surface area contributed by atoms with Crippen molar-refractivity contribution >= 4 is 63.2 Å². The molecule has 1 aliphatic rings. The van der Waals surface area contributed by atoms with Gasteiger partial charge in [-0.1, -0.05) is 17.7 Å². The lowest BCUT2D eigenvalue weighted by Crippen LogP contribution is -2.28. The van der Waals surface area contributed by atoms with Gasteiger partial charge in [0.25, 0.3) is 11.1 Å². The molecule has 0 saturated carbocycles.